The van der Waals surface area contributed by atoms with Crippen LogP contribution in [0.25, 0.3) is 0 Å². The van der Waals surface area contributed by atoms with Gasteiger partial charge in [-0.2, -0.15) is 0 Å². The van der Waals surface area contributed by atoms with E-state index in [1.54, 1.807) is 36.7 Å². The molecule has 3 aliphatic rings. The molecule has 2 fully saturated rings. The van der Waals surface area contributed by atoms with Crippen LogP contribution in [0.3, 0.4) is 0 Å². The molecule has 3 N–H and O–H groups in total. The summed E-state index contributed by atoms with van der Waals surface area (Å²) in [6.07, 6.45) is -0.143. The Morgan fingerprint density at radius 1 is 1.11 bits per heavy atom. The number of quaternary nitrogens is 1. The van der Waals surface area contributed by atoms with Gasteiger partial charge in [0.05, 0.1) is 19.3 Å². The zero-order valence-corrected chi connectivity index (χ0v) is 19.8. The van der Waals surface area contributed by atoms with E-state index >= 15 is 0 Å². The molecule has 1 spiro atoms. The molecule has 5 rings (SSSR count). The number of imide groups is 1. The third kappa shape index (κ3) is 3.33. The quantitative estimate of drug-likeness (QED) is 0.551. The number of methoxy groups -OCH3 is 1. The van der Waals surface area contributed by atoms with Crippen LogP contribution in [0.15, 0.2) is 36.4 Å². The number of carboxylic acids is 1. The number of nitrogens with one attached hydrogen (secondary N) is 1. The summed E-state index contributed by atoms with van der Waals surface area (Å²) in [5, 5.41) is 15.9. The van der Waals surface area contributed by atoms with E-state index in [0.717, 1.165) is 16.7 Å². The molecule has 0 aromatic heterocycles. The molecule has 2 aromatic carbocycles. The molecule has 9 nitrogen and oxygen atoms in total. The molecular weight excluding hydrogens is 450 g/mol. The number of nitrogens with zero attached hydrogens (tertiary/aromatic N) is 1. The van der Waals surface area contributed by atoms with Gasteiger partial charge in [-0.3, -0.25) is 19.3 Å². The maximum Gasteiger partial charge on any atom is 0.291 e. The van der Waals surface area contributed by atoms with E-state index < -0.39 is 35.3 Å². The number of amides is 3. The standard InChI is InChI=1S/C26H27N3O6/c1-13-4-9-17-22(14(13)2)27-25(34)26(17)21-20(18(28-26)10-11-19(30)31)23(32)29(24(21)33)12-15-5-7-16(35-3)8-6-15/h4-9,18,20-21,28H,10-12H2,1-3H3,(H,27,34)(H,30,31)/t18-,20+,21-,26-/m0/s1. The summed E-state index contributed by atoms with van der Waals surface area (Å²) in [7, 11) is 1.56. The Kier molecular flexibility index (Phi) is 5.40. The molecule has 0 unspecified atom stereocenters. The van der Waals surface area contributed by atoms with Gasteiger partial charge >= 0.3 is 0 Å². The van der Waals surface area contributed by atoms with E-state index in [4.69, 9.17) is 4.74 Å². The molecule has 35 heavy (non-hydrogen) atoms. The van der Waals surface area contributed by atoms with Crippen molar-refractivity contribution >= 4 is 29.4 Å². The van der Waals surface area contributed by atoms with Crippen molar-refractivity contribution in [2.45, 2.75) is 44.8 Å². The maximum absolute atomic E-state index is 13.8. The highest BCUT2D eigenvalue weighted by molar-refractivity contribution is 6.14. The molecule has 3 heterocycles. The van der Waals surface area contributed by atoms with Gasteiger partial charge in [-0.1, -0.05) is 18.2 Å². The zero-order valence-electron chi connectivity index (χ0n) is 19.8. The number of nitrogens with two attached hydrogens (primary N) is 1. The SMILES string of the molecule is COc1ccc(CN2C(=O)[C@@H]3[C@H](CCC(=O)[O-])[NH2+][C@]4(C(=O)Nc5c4ccc(C)c5C)[C@@H]3C2=O)cc1. The van der Waals surface area contributed by atoms with Gasteiger partial charge in [-0.25, -0.2) is 0 Å². The summed E-state index contributed by atoms with van der Waals surface area (Å²) in [5.41, 5.74) is 2.67. The van der Waals surface area contributed by atoms with Crippen LogP contribution in [0, 0.1) is 25.7 Å². The Bertz CT molecular complexity index is 1260. The van der Waals surface area contributed by atoms with E-state index in [2.05, 4.69) is 5.32 Å². The summed E-state index contributed by atoms with van der Waals surface area (Å²) >= 11 is 0. The number of likely N-dealkylation sites (tertiary alicyclic amines) is 1. The zero-order chi connectivity index (χ0) is 25.1. The van der Waals surface area contributed by atoms with Crippen LogP contribution in [0.2, 0.25) is 0 Å². The van der Waals surface area contributed by atoms with E-state index in [-0.39, 0.29) is 31.2 Å². The number of fused-ring (bicyclic) bond motifs is 4. The highest BCUT2D eigenvalue weighted by atomic mass is 16.5. The van der Waals surface area contributed by atoms with Crippen molar-refractivity contribution in [2.24, 2.45) is 11.8 Å². The molecule has 3 aliphatic heterocycles. The van der Waals surface area contributed by atoms with Crippen LogP contribution in [0.5, 0.6) is 5.75 Å². The average molecular weight is 478 g/mol. The number of benzene rings is 2. The summed E-state index contributed by atoms with van der Waals surface area (Å²) in [4.78, 5) is 53.5. The fourth-order valence-corrected chi connectivity index (χ4v) is 5.96. The minimum Gasteiger partial charge on any atom is -0.550 e. The molecule has 2 saturated heterocycles. The van der Waals surface area contributed by atoms with Crippen molar-refractivity contribution in [1.29, 1.82) is 0 Å². The Morgan fingerprint density at radius 2 is 1.83 bits per heavy atom. The van der Waals surface area contributed by atoms with E-state index in [1.165, 1.54) is 4.90 Å². The van der Waals surface area contributed by atoms with Gasteiger partial charge < -0.3 is 25.3 Å². The number of rotatable bonds is 6. The van der Waals surface area contributed by atoms with Crippen molar-refractivity contribution in [2.75, 3.05) is 12.4 Å². The van der Waals surface area contributed by atoms with Crippen molar-refractivity contribution in [3.63, 3.8) is 0 Å². The third-order valence-corrected chi connectivity index (χ3v) is 7.85. The lowest BCUT2D eigenvalue weighted by atomic mass is 9.76. The van der Waals surface area contributed by atoms with Gasteiger partial charge in [-0.15, -0.1) is 0 Å². The predicted octanol–water partition coefficient (Wildman–Crippen LogP) is -0.263. The monoisotopic (exact) mass is 477 g/mol. The number of carbonyl (C=O) groups excluding carboxylic acids is 4. The molecule has 0 radical (unpaired) electrons. The van der Waals surface area contributed by atoms with Crippen molar-refractivity contribution in [3.8, 4) is 5.75 Å². The first-order valence-corrected chi connectivity index (χ1v) is 11.6. The molecular formula is C26H27N3O6. The molecule has 0 aliphatic carbocycles. The molecule has 4 atom stereocenters. The summed E-state index contributed by atoms with van der Waals surface area (Å²) < 4.78 is 5.18. The van der Waals surface area contributed by atoms with Crippen LogP contribution in [0.4, 0.5) is 5.69 Å². The Hall–Kier alpha value is -3.72. The van der Waals surface area contributed by atoms with E-state index in [1.807, 2.05) is 26.0 Å². The lowest BCUT2D eigenvalue weighted by Gasteiger charge is -2.26. The summed E-state index contributed by atoms with van der Waals surface area (Å²) in [5.74, 6) is -3.45. The predicted molar refractivity (Wildman–Crippen MR) is 122 cm³/mol. The Balaban J connectivity index is 1.57. The van der Waals surface area contributed by atoms with Crippen molar-refractivity contribution in [1.82, 2.24) is 4.90 Å². The number of ether oxygens (including phenoxy) is 1. The average Bonchev–Trinajstić information content (AvgIpc) is 3.41. The largest absolute Gasteiger partial charge is 0.550 e. The molecule has 9 heteroatoms. The number of hydrogen-bond acceptors (Lipinski definition) is 6. The lowest BCUT2D eigenvalue weighted by molar-refractivity contribution is -0.734. The van der Waals surface area contributed by atoms with Crippen LogP contribution in [0.1, 0.15) is 35.1 Å². The maximum atomic E-state index is 13.8. The molecule has 182 valence electrons. The first kappa shape index (κ1) is 23.0. The van der Waals surface area contributed by atoms with Crippen molar-refractivity contribution < 1.29 is 34.3 Å². The number of hydrogen-bond donors (Lipinski definition) is 2. The second-order valence-corrected chi connectivity index (χ2v) is 9.61. The number of anilines is 1. The molecule has 2 aromatic rings. The van der Waals surface area contributed by atoms with Gasteiger partial charge in [-0.05, 0) is 55.2 Å². The van der Waals surface area contributed by atoms with Gasteiger partial charge in [0.25, 0.3) is 5.91 Å². The number of carbonyl (C=O) groups is 4. The highest BCUT2D eigenvalue weighted by Gasteiger charge is 2.74. The lowest BCUT2D eigenvalue weighted by Crippen LogP contribution is -2.99. The van der Waals surface area contributed by atoms with Gasteiger partial charge in [0.15, 0.2) is 0 Å². The topological polar surface area (TPSA) is 132 Å². The number of carboxylic acid groups (broad SMARTS) is 1. The Morgan fingerprint density at radius 3 is 2.49 bits per heavy atom. The van der Waals surface area contributed by atoms with Crippen molar-refractivity contribution in [3.05, 3.63) is 58.7 Å². The van der Waals surface area contributed by atoms with Gasteiger partial charge in [0.2, 0.25) is 17.4 Å². The van der Waals surface area contributed by atoms with Crippen LogP contribution >= 0.6 is 0 Å². The van der Waals surface area contributed by atoms with Crippen LogP contribution < -0.4 is 20.5 Å². The number of aliphatic carboxylic acids is 1. The smallest absolute Gasteiger partial charge is 0.291 e. The third-order valence-electron chi connectivity index (χ3n) is 7.85. The summed E-state index contributed by atoms with van der Waals surface area (Å²) in [6.45, 7) is 3.92. The summed E-state index contributed by atoms with van der Waals surface area (Å²) in [6, 6.07) is 10.3. The normalized spacial score (nSPS) is 26.8. The van der Waals surface area contributed by atoms with Gasteiger partial charge in [0.1, 0.15) is 23.6 Å². The van der Waals surface area contributed by atoms with E-state index in [0.29, 0.717) is 17.0 Å². The first-order chi connectivity index (χ1) is 16.7. The highest BCUT2D eigenvalue weighted by Crippen LogP contribution is 2.50. The minimum absolute atomic E-state index is 0.0688. The van der Waals surface area contributed by atoms with E-state index in [9.17, 15) is 24.3 Å². The fourth-order valence-electron chi connectivity index (χ4n) is 5.96. The second kappa shape index (κ2) is 8.20. The second-order valence-electron chi connectivity index (χ2n) is 9.61. The molecule has 3 amide bonds. The minimum atomic E-state index is -1.32. The fraction of sp³-hybridized carbons (Fsp3) is 0.385. The first-order valence-electron chi connectivity index (χ1n) is 11.6. The number of aryl methyl sites for hydroxylation is 1. The Labute approximate surface area is 202 Å². The van der Waals surface area contributed by atoms with Crippen LogP contribution in [-0.4, -0.2) is 41.7 Å². The molecule has 0 bridgehead atoms. The van der Waals surface area contributed by atoms with Gasteiger partial charge in [0, 0.05) is 18.0 Å². The van der Waals surface area contributed by atoms with Crippen LogP contribution in [-0.2, 0) is 31.3 Å². The molecule has 0 saturated carbocycles.